The molecule has 0 bridgehead atoms. The molecule has 118 valence electrons. The topological polar surface area (TPSA) is 81.4 Å². The van der Waals surface area contributed by atoms with Crippen LogP contribution in [0.3, 0.4) is 0 Å². The highest BCUT2D eigenvalue weighted by atomic mass is 32.2. The molecule has 2 atom stereocenters. The van der Waals surface area contributed by atoms with Crippen LogP contribution >= 0.6 is 0 Å². The van der Waals surface area contributed by atoms with Crippen LogP contribution in [0.25, 0.3) is 0 Å². The number of sulfonamides is 1. The van der Waals surface area contributed by atoms with Gasteiger partial charge in [0, 0.05) is 12.1 Å². The third kappa shape index (κ3) is 3.75. The molecule has 1 aromatic rings. The molecule has 6 heteroatoms. The summed E-state index contributed by atoms with van der Waals surface area (Å²) >= 11 is 0. The Kier molecular flexibility index (Phi) is 4.91. The molecule has 2 rings (SSSR count). The van der Waals surface area contributed by atoms with Crippen molar-refractivity contribution >= 4 is 10.0 Å². The number of nitrogens with two attached hydrogens (primary N) is 1. The van der Waals surface area contributed by atoms with E-state index in [1.54, 1.807) is 6.07 Å². The van der Waals surface area contributed by atoms with Crippen LogP contribution in [0.5, 0.6) is 5.75 Å². The van der Waals surface area contributed by atoms with Gasteiger partial charge in [0.15, 0.2) is 0 Å². The smallest absolute Gasteiger partial charge is 0.244 e. The zero-order valence-electron chi connectivity index (χ0n) is 12.8. The monoisotopic (exact) mass is 312 g/mol. The zero-order valence-corrected chi connectivity index (χ0v) is 13.7. The molecule has 1 saturated carbocycles. The Morgan fingerprint density at radius 3 is 2.62 bits per heavy atom. The van der Waals surface area contributed by atoms with Gasteiger partial charge in [-0.25, -0.2) is 13.1 Å². The summed E-state index contributed by atoms with van der Waals surface area (Å²) in [6.07, 6.45) is 3.44. The van der Waals surface area contributed by atoms with Gasteiger partial charge in [-0.2, -0.15) is 0 Å². The molecular formula is C15H24N2O3S. The summed E-state index contributed by atoms with van der Waals surface area (Å²) in [5, 5.41) is 0. The number of ether oxygens (including phenoxy) is 1. The minimum atomic E-state index is -3.60. The molecule has 1 fully saturated rings. The third-order valence-electron chi connectivity index (χ3n) is 3.92. The first-order chi connectivity index (χ1) is 9.83. The molecule has 1 aliphatic carbocycles. The summed E-state index contributed by atoms with van der Waals surface area (Å²) < 4.78 is 33.4. The number of methoxy groups -OCH3 is 1. The van der Waals surface area contributed by atoms with Crippen LogP contribution in [-0.4, -0.2) is 27.6 Å². The van der Waals surface area contributed by atoms with Crippen molar-refractivity contribution in [3.63, 3.8) is 0 Å². The van der Waals surface area contributed by atoms with Crippen molar-refractivity contribution in [3.05, 3.63) is 23.3 Å². The fourth-order valence-corrected chi connectivity index (χ4v) is 4.60. The maximum Gasteiger partial charge on any atom is 0.244 e. The first-order valence-electron chi connectivity index (χ1n) is 7.26. The van der Waals surface area contributed by atoms with Gasteiger partial charge in [-0.3, -0.25) is 0 Å². The predicted molar refractivity (Wildman–Crippen MR) is 83.0 cm³/mol. The van der Waals surface area contributed by atoms with E-state index in [-0.39, 0.29) is 17.0 Å². The summed E-state index contributed by atoms with van der Waals surface area (Å²) in [5.41, 5.74) is 7.64. The van der Waals surface area contributed by atoms with Gasteiger partial charge in [0.1, 0.15) is 10.6 Å². The molecule has 0 heterocycles. The lowest BCUT2D eigenvalue weighted by Crippen LogP contribution is -2.42. The van der Waals surface area contributed by atoms with Gasteiger partial charge < -0.3 is 10.5 Å². The van der Waals surface area contributed by atoms with Crippen LogP contribution in [0.1, 0.15) is 36.8 Å². The number of hydrogen-bond donors (Lipinski definition) is 2. The Hall–Kier alpha value is -1.11. The minimum Gasteiger partial charge on any atom is -0.495 e. The van der Waals surface area contributed by atoms with Gasteiger partial charge >= 0.3 is 0 Å². The normalized spacial score (nSPS) is 23.0. The van der Waals surface area contributed by atoms with E-state index in [0.29, 0.717) is 12.2 Å². The molecule has 0 aliphatic heterocycles. The largest absolute Gasteiger partial charge is 0.495 e. The molecule has 5 nitrogen and oxygen atoms in total. The number of benzene rings is 1. The molecule has 0 radical (unpaired) electrons. The van der Waals surface area contributed by atoms with Crippen LogP contribution < -0.4 is 15.2 Å². The molecule has 0 amide bonds. The standard InChI is InChI=1S/C15H24N2O3S/c1-10-7-11(2)15(20-3)14(8-10)21(18,19)17-13-6-4-5-12(16)9-13/h7-8,12-13,17H,4-6,9,16H2,1-3H3. The van der Waals surface area contributed by atoms with Gasteiger partial charge in [-0.1, -0.05) is 12.5 Å². The SMILES string of the molecule is COc1c(C)cc(C)cc1S(=O)(=O)NC1CCCC(N)C1. The van der Waals surface area contributed by atoms with Crippen LogP contribution in [-0.2, 0) is 10.0 Å². The fraction of sp³-hybridized carbons (Fsp3) is 0.600. The molecule has 2 unspecified atom stereocenters. The number of aryl methyl sites for hydroxylation is 2. The maximum absolute atomic E-state index is 12.7. The highest BCUT2D eigenvalue weighted by Crippen LogP contribution is 2.30. The quantitative estimate of drug-likeness (QED) is 0.889. The average Bonchev–Trinajstić information content (AvgIpc) is 2.37. The minimum absolute atomic E-state index is 0.0765. The Balaban J connectivity index is 2.31. The lowest BCUT2D eigenvalue weighted by Gasteiger charge is -2.27. The summed E-state index contributed by atoms with van der Waals surface area (Å²) in [6, 6.07) is 3.54. The lowest BCUT2D eigenvalue weighted by molar-refractivity contribution is 0.369. The molecular weight excluding hydrogens is 288 g/mol. The second kappa shape index (κ2) is 6.34. The second-order valence-corrected chi connectivity index (χ2v) is 7.54. The van der Waals surface area contributed by atoms with E-state index in [1.165, 1.54) is 7.11 Å². The van der Waals surface area contributed by atoms with Gasteiger partial charge in [0.05, 0.1) is 7.11 Å². The van der Waals surface area contributed by atoms with Crippen molar-refractivity contribution in [3.8, 4) is 5.75 Å². The lowest BCUT2D eigenvalue weighted by atomic mass is 9.92. The molecule has 3 N–H and O–H groups in total. The van der Waals surface area contributed by atoms with E-state index >= 15 is 0 Å². The molecule has 21 heavy (non-hydrogen) atoms. The second-order valence-electron chi connectivity index (χ2n) is 5.86. The number of hydrogen-bond acceptors (Lipinski definition) is 4. The first kappa shape index (κ1) is 16.3. The van der Waals surface area contributed by atoms with E-state index in [1.807, 2.05) is 19.9 Å². The van der Waals surface area contributed by atoms with E-state index in [2.05, 4.69) is 4.72 Å². The van der Waals surface area contributed by atoms with Gasteiger partial charge in [-0.05, 0) is 50.3 Å². The van der Waals surface area contributed by atoms with E-state index < -0.39 is 10.0 Å². The van der Waals surface area contributed by atoms with E-state index in [0.717, 1.165) is 30.4 Å². The summed E-state index contributed by atoms with van der Waals surface area (Å²) in [6.45, 7) is 3.73. The van der Waals surface area contributed by atoms with E-state index in [9.17, 15) is 8.42 Å². The Morgan fingerprint density at radius 2 is 2.00 bits per heavy atom. The Labute approximate surface area is 126 Å². The van der Waals surface area contributed by atoms with Crippen molar-refractivity contribution in [2.75, 3.05) is 7.11 Å². The molecule has 0 saturated heterocycles. The van der Waals surface area contributed by atoms with Crippen molar-refractivity contribution in [1.29, 1.82) is 0 Å². The number of nitrogens with one attached hydrogen (secondary N) is 1. The Morgan fingerprint density at radius 1 is 1.29 bits per heavy atom. The molecule has 0 aromatic heterocycles. The third-order valence-corrected chi connectivity index (χ3v) is 5.44. The maximum atomic E-state index is 12.7. The van der Waals surface area contributed by atoms with Crippen LogP contribution in [0.4, 0.5) is 0 Å². The van der Waals surface area contributed by atoms with Crippen LogP contribution in [0, 0.1) is 13.8 Å². The van der Waals surface area contributed by atoms with Gasteiger partial charge in [0.25, 0.3) is 0 Å². The molecule has 0 spiro atoms. The van der Waals surface area contributed by atoms with Gasteiger partial charge in [-0.15, -0.1) is 0 Å². The van der Waals surface area contributed by atoms with Gasteiger partial charge in [0.2, 0.25) is 10.0 Å². The molecule has 1 aliphatic rings. The Bertz CT molecular complexity index is 614. The summed E-state index contributed by atoms with van der Waals surface area (Å²) in [7, 11) is -2.11. The predicted octanol–water partition coefficient (Wildman–Crippen LogP) is 1.86. The fourth-order valence-electron chi connectivity index (χ4n) is 2.99. The summed E-state index contributed by atoms with van der Waals surface area (Å²) in [5.74, 6) is 0.410. The van der Waals surface area contributed by atoms with E-state index in [4.69, 9.17) is 10.5 Å². The zero-order chi connectivity index (χ0) is 15.6. The van der Waals surface area contributed by atoms with Crippen molar-refractivity contribution < 1.29 is 13.2 Å². The average molecular weight is 312 g/mol. The molecule has 1 aromatic carbocycles. The van der Waals surface area contributed by atoms with Crippen molar-refractivity contribution in [2.24, 2.45) is 5.73 Å². The highest BCUT2D eigenvalue weighted by Gasteiger charge is 2.27. The van der Waals surface area contributed by atoms with Crippen molar-refractivity contribution in [2.45, 2.75) is 56.5 Å². The van der Waals surface area contributed by atoms with Crippen molar-refractivity contribution in [1.82, 2.24) is 4.72 Å². The van der Waals surface area contributed by atoms with Crippen LogP contribution in [0.2, 0.25) is 0 Å². The number of rotatable bonds is 4. The van der Waals surface area contributed by atoms with Crippen LogP contribution in [0.15, 0.2) is 17.0 Å². The summed E-state index contributed by atoms with van der Waals surface area (Å²) in [4.78, 5) is 0.210. The highest BCUT2D eigenvalue weighted by molar-refractivity contribution is 7.89. The first-order valence-corrected chi connectivity index (χ1v) is 8.75.